The zero-order valence-electron chi connectivity index (χ0n) is 17.4. The van der Waals surface area contributed by atoms with Crippen molar-refractivity contribution in [1.82, 2.24) is 5.32 Å². The number of ketones is 1. The lowest BCUT2D eigenvalue weighted by Crippen LogP contribution is -2.28. The van der Waals surface area contributed by atoms with Crippen LogP contribution in [0.3, 0.4) is 0 Å². The number of carbonyl (C=O) groups excluding carboxylic acids is 2. The Morgan fingerprint density at radius 3 is 2.19 bits per heavy atom. The zero-order valence-corrected chi connectivity index (χ0v) is 19.0. The van der Waals surface area contributed by atoms with Gasteiger partial charge in [-0.15, -0.1) is 0 Å². The van der Waals surface area contributed by atoms with E-state index in [9.17, 15) is 14.9 Å². The highest BCUT2D eigenvalue weighted by Gasteiger charge is 2.31. The average Bonchev–Trinajstić information content (AvgIpc) is 3.00. The quantitative estimate of drug-likeness (QED) is 0.496. The number of Topliss-reactive ketones (excluding diaryl/α,β-unsaturated/α-hetero) is 1. The van der Waals surface area contributed by atoms with Crippen LogP contribution < -0.4 is 15.1 Å². The molecule has 1 N–H and O–H groups in total. The number of nitrogens with one attached hydrogen (secondary N) is 1. The molecule has 0 saturated carbocycles. The number of hydrogen-bond donors (Lipinski definition) is 1. The molecule has 160 valence electrons. The summed E-state index contributed by atoms with van der Waals surface area (Å²) in [7, 11) is 3.63. The molecule has 3 rings (SSSR count). The van der Waals surface area contributed by atoms with E-state index in [2.05, 4.69) is 5.32 Å². The van der Waals surface area contributed by atoms with Gasteiger partial charge < -0.3 is 15.1 Å². The van der Waals surface area contributed by atoms with Gasteiger partial charge in [-0.25, -0.2) is 0 Å². The molecular formula is C23H22Cl2N4O2. The Bertz CT molecular complexity index is 1080. The second-order valence-electron chi connectivity index (χ2n) is 7.30. The highest BCUT2D eigenvalue weighted by Crippen LogP contribution is 2.40. The van der Waals surface area contributed by atoms with Crippen molar-refractivity contribution < 1.29 is 9.59 Å². The molecule has 6 nitrogen and oxygen atoms in total. The zero-order chi connectivity index (χ0) is 22.7. The van der Waals surface area contributed by atoms with Gasteiger partial charge in [-0.3, -0.25) is 9.59 Å². The van der Waals surface area contributed by atoms with Crippen molar-refractivity contribution in [2.45, 2.75) is 25.8 Å². The van der Waals surface area contributed by atoms with Crippen LogP contribution in [0.15, 0.2) is 53.9 Å². The van der Waals surface area contributed by atoms with Crippen molar-refractivity contribution in [1.29, 1.82) is 5.26 Å². The second-order valence-corrected chi connectivity index (χ2v) is 8.12. The molecule has 8 heteroatoms. The van der Waals surface area contributed by atoms with Crippen molar-refractivity contribution in [3.05, 3.63) is 69.5 Å². The van der Waals surface area contributed by atoms with Crippen LogP contribution in [0, 0.1) is 11.3 Å². The summed E-state index contributed by atoms with van der Waals surface area (Å²) >= 11 is 12.0. The molecule has 0 spiro atoms. The highest BCUT2D eigenvalue weighted by molar-refractivity contribution is 6.42. The van der Waals surface area contributed by atoms with Gasteiger partial charge in [0.15, 0.2) is 5.78 Å². The first-order chi connectivity index (χ1) is 14.7. The Morgan fingerprint density at radius 1 is 1.03 bits per heavy atom. The van der Waals surface area contributed by atoms with E-state index >= 15 is 0 Å². The first kappa shape index (κ1) is 22.7. The van der Waals surface area contributed by atoms with Gasteiger partial charge in [0.05, 0.1) is 27.5 Å². The van der Waals surface area contributed by atoms with E-state index in [4.69, 9.17) is 23.2 Å². The number of hydrogen-bond acceptors (Lipinski definition) is 5. The van der Waals surface area contributed by atoms with E-state index in [0.29, 0.717) is 15.9 Å². The smallest absolute Gasteiger partial charge is 0.220 e. The number of anilines is 2. The fraction of sp³-hybridized carbons (Fsp3) is 0.261. The lowest BCUT2D eigenvalue weighted by Gasteiger charge is -2.20. The maximum Gasteiger partial charge on any atom is 0.220 e. The third-order valence-electron chi connectivity index (χ3n) is 5.25. The van der Waals surface area contributed by atoms with Crippen LogP contribution in [0.1, 0.15) is 31.4 Å². The molecule has 1 atom stereocenters. The molecule has 0 saturated heterocycles. The van der Waals surface area contributed by atoms with Crippen molar-refractivity contribution in [3.63, 3.8) is 0 Å². The van der Waals surface area contributed by atoms with Gasteiger partial charge in [0, 0.05) is 26.9 Å². The Hall–Kier alpha value is -3.01. The third kappa shape index (κ3) is 4.68. The number of para-hydroxylation sites is 2. The molecule has 1 heterocycles. The Labute approximate surface area is 191 Å². The first-order valence-electron chi connectivity index (χ1n) is 9.73. The summed E-state index contributed by atoms with van der Waals surface area (Å²) in [4.78, 5) is 28.8. The third-order valence-corrected chi connectivity index (χ3v) is 5.99. The van der Waals surface area contributed by atoms with Gasteiger partial charge in [-0.05, 0) is 36.8 Å². The Kier molecular flexibility index (Phi) is 6.89. The summed E-state index contributed by atoms with van der Waals surface area (Å²) in [6, 6.07) is 14.5. The minimum atomic E-state index is -0.374. The molecule has 2 aromatic carbocycles. The van der Waals surface area contributed by atoms with Gasteiger partial charge in [0.1, 0.15) is 17.5 Å². The molecule has 0 bridgehead atoms. The number of carbonyl (C=O) groups is 2. The summed E-state index contributed by atoms with van der Waals surface area (Å²) in [5, 5.41) is 13.4. The summed E-state index contributed by atoms with van der Waals surface area (Å²) in [6.07, 6.45) is -0.0896. The lowest BCUT2D eigenvalue weighted by molar-refractivity contribution is -0.124. The van der Waals surface area contributed by atoms with Crippen LogP contribution in [0.25, 0.3) is 0 Å². The molecule has 1 aliphatic heterocycles. The van der Waals surface area contributed by atoms with Crippen LogP contribution in [-0.4, -0.2) is 25.8 Å². The number of benzene rings is 2. The Morgan fingerprint density at radius 2 is 1.65 bits per heavy atom. The number of allylic oxidation sites excluding steroid dienone is 1. The van der Waals surface area contributed by atoms with E-state index in [1.54, 1.807) is 18.2 Å². The summed E-state index contributed by atoms with van der Waals surface area (Å²) in [6.45, 7) is 1.82. The van der Waals surface area contributed by atoms with Gasteiger partial charge >= 0.3 is 0 Å². The fourth-order valence-corrected chi connectivity index (χ4v) is 3.89. The van der Waals surface area contributed by atoms with E-state index in [0.717, 1.165) is 16.9 Å². The largest absolute Gasteiger partial charge is 0.350 e. The molecule has 1 aliphatic rings. The van der Waals surface area contributed by atoms with E-state index in [1.165, 1.54) is 0 Å². The molecule has 1 amide bonds. The van der Waals surface area contributed by atoms with Crippen LogP contribution in [0.5, 0.6) is 0 Å². The van der Waals surface area contributed by atoms with Crippen molar-refractivity contribution in [2.75, 3.05) is 23.9 Å². The maximum absolute atomic E-state index is 12.8. The highest BCUT2D eigenvalue weighted by atomic mass is 35.5. The SMILES string of the molecule is CC(NC(=O)CCC(=O)C(C#N)=C1N(C)c2ccccc2N1C)c1ccc(Cl)c(Cl)c1. The lowest BCUT2D eigenvalue weighted by atomic mass is 10.1. The minimum absolute atomic E-state index is 0.0245. The number of halogens is 2. The Balaban J connectivity index is 1.67. The van der Waals surface area contributed by atoms with Crippen molar-refractivity contribution >= 4 is 46.3 Å². The average molecular weight is 457 g/mol. The molecule has 0 fully saturated rings. The molecule has 31 heavy (non-hydrogen) atoms. The molecule has 0 radical (unpaired) electrons. The van der Waals surface area contributed by atoms with E-state index < -0.39 is 0 Å². The summed E-state index contributed by atoms with van der Waals surface area (Å²) in [5.74, 6) is -0.148. The standard InChI is InChI=1S/C23H22Cl2N4O2/c1-14(15-8-9-17(24)18(25)12-15)27-22(31)11-10-21(30)16(13-26)23-28(2)19-6-4-5-7-20(19)29(23)3/h4-9,12,14H,10-11H2,1-3H3,(H,27,31). The fourth-order valence-electron chi connectivity index (χ4n) is 3.59. The molecule has 0 aliphatic carbocycles. The summed E-state index contributed by atoms with van der Waals surface area (Å²) < 4.78 is 0. The van der Waals surface area contributed by atoms with Crippen LogP contribution >= 0.6 is 23.2 Å². The number of fused-ring (bicyclic) bond motifs is 1. The first-order valence-corrected chi connectivity index (χ1v) is 10.5. The van der Waals surface area contributed by atoms with Crippen molar-refractivity contribution in [2.24, 2.45) is 0 Å². The van der Waals surface area contributed by atoms with Gasteiger partial charge in [0.2, 0.25) is 5.91 Å². The summed E-state index contributed by atoms with van der Waals surface area (Å²) in [5.41, 5.74) is 2.66. The van der Waals surface area contributed by atoms with Gasteiger partial charge in [-0.2, -0.15) is 5.26 Å². The topological polar surface area (TPSA) is 76.4 Å². The molecule has 2 aromatic rings. The van der Waals surface area contributed by atoms with Crippen LogP contribution in [-0.2, 0) is 9.59 Å². The van der Waals surface area contributed by atoms with Crippen LogP contribution in [0.2, 0.25) is 10.0 Å². The minimum Gasteiger partial charge on any atom is -0.350 e. The molecule has 0 aromatic heterocycles. The van der Waals surface area contributed by atoms with E-state index in [1.807, 2.05) is 61.2 Å². The monoisotopic (exact) mass is 456 g/mol. The van der Waals surface area contributed by atoms with E-state index in [-0.39, 0.29) is 36.1 Å². The predicted molar refractivity (Wildman–Crippen MR) is 123 cm³/mol. The number of nitriles is 1. The van der Waals surface area contributed by atoms with Gasteiger partial charge in [0.25, 0.3) is 0 Å². The molecular weight excluding hydrogens is 435 g/mol. The second kappa shape index (κ2) is 9.42. The molecule has 1 unspecified atom stereocenters. The maximum atomic E-state index is 12.8. The van der Waals surface area contributed by atoms with Crippen molar-refractivity contribution in [3.8, 4) is 6.07 Å². The predicted octanol–water partition coefficient (Wildman–Crippen LogP) is 4.84. The van der Waals surface area contributed by atoms with Gasteiger partial charge in [-0.1, -0.05) is 41.4 Å². The number of amides is 1. The number of rotatable bonds is 6. The normalized spacial score (nSPS) is 13.5. The van der Waals surface area contributed by atoms with Crippen LogP contribution in [0.4, 0.5) is 11.4 Å². The number of nitrogens with zero attached hydrogens (tertiary/aromatic N) is 3.